The van der Waals surface area contributed by atoms with Crippen LogP contribution in [0.4, 0.5) is 5.69 Å². The first kappa shape index (κ1) is 21.0. The Bertz CT molecular complexity index is 824. The molecule has 3 rings (SSSR count). The highest BCUT2D eigenvalue weighted by Crippen LogP contribution is 2.41. The van der Waals surface area contributed by atoms with Crippen molar-refractivity contribution in [3.8, 4) is 11.5 Å². The normalized spacial score (nSPS) is 15.7. The summed E-state index contributed by atoms with van der Waals surface area (Å²) in [5.74, 6) is 1.88. The van der Waals surface area contributed by atoms with E-state index in [1.165, 1.54) is 0 Å². The number of anilines is 1. The summed E-state index contributed by atoms with van der Waals surface area (Å²) in [6, 6.07) is 16.1. The van der Waals surface area contributed by atoms with E-state index in [0.29, 0.717) is 0 Å². The fourth-order valence-electron chi connectivity index (χ4n) is 4.38. The van der Waals surface area contributed by atoms with Gasteiger partial charge in [0.25, 0.3) is 0 Å². The number of benzene rings is 2. The number of carbonyl (C=O) groups is 1. The van der Waals surface area contributed by atoms with Gasteiger partial charge < -0.3 is 19.3 Å². The number of carbonyl (C=O) groups excluding carboxylic acids is 1. The van der Waals surface area contributed by atoms with Gasteiger partial charge in [0.15, 0.2) is 0 Å². The van der Waals surface area contributed by atoms with Gasteiger partial charge in [-0.25, -0.2) is 0 Å². The highest BCUT2D eigenvalue weighted by atomic mass is 16.5. The summed E-state index contributed by atoms with van der Waals surface area (Å²) in [6.45, 7) is 7.12. The van der Waals surface area contributed by atoms with Crippen LogP contribution in [0.2, 0.25) is 0 Å². The predicted molar refractivity (Wildman–Crippen MR) is 117 cm³/mol. The van der Waals surface area contributed by atoms with Crippen molar-refractivity contribution in [2.75, 3.05) is 45.3 Å². The van der Waals surface area contributed by atoms with Gasteiger partial charge >= 0.3 is 0 Å². The van der Waals surface area contributed by atoms with Gasteiger partial charge in [0, 0.05) is 26.2 Å². The number of nitrogens with zero attached hydrogens (tertiary/aromatic N) is 2. The summed E-state index contributed by atoms with van der Waals surface area (Å²) in [4.78, 5) is 18.0. The second kappa shape index (κ2) is 9.21. The fourth-order valence-corrected chi connectivity index (χ4v) is 4.38. The van der Waals surface area contributed by atoms with E-state index in [4.69, 9.17) is 9.47 Å². The van der Waals surface area contributed by atoms with Gasteiger partial charge in [0.05, 0.1) is 25.3 Å². The van der Waals surface area contributed by atoms with Gasteiger partial charge in [-0.3, -0.25) is 4.79 Å². The molecule has 5 nitrogen and oxygen atoms in total. The van der Waals surface area contributed by atoms with Crippen LogP contribution in [0.5, 0.6) is 11.5 Å². The first-order valence-corrected chi connectivity index (χ1v) is 10.4. The van der Waals surface area contributed by atoms with Crippen molar-refractivity contribution < 1.29 is 14.3 Å². The molecule has 1 heterocycles. The monoisotopic (exact) mass is 396 g/mol. The minimum absolute atomic E-state index is 0.218. The van der Waals surface area contributed by atoms with Crippen molar-refractivity contribution in [3.05, 3.63) is 54.1 Å². The number of rotatable bonds is 7. The minimum atomic E-state index is -0.529. The maximum atomic E-state index is 13.7. The SMILES string of the molecule is CCN(CC)C(=O)C1(c2cccc(OC)c2)CCN(c2ccccc2OC)CC1. The smallest absolute Gasteiger partial charge is 0.233 e. The number of piperidine rings is 1. The molecule has 0 aliphatic carbocycles. The van der Waals surface area contributed by atoms with E-state index in [1.807, 2.05) is 55.1 Å². The van der Waals surface area contributed by atoms with Crippen LogP contribution >= 0.6 is 0 Å². The Hall–Kier alpha value is -2.69. The van der Waals surface area contributed by atoms with Gasteiger partial charge in [-0.1, -0.05) is 24.3 Å². The minimum Gasteiger partial charge on any atom is -0.497 e. The molecule has 0 radical (unpaired) electrons. The van der Waals surface area contributed by atoms with Crippen LogP contribution in [-0.2, 0) is 10.2 Å². The topological polar surface area (TPSA) is 42.0 Å². The Kier molecular flexibility index (Phi) is 6.68. The summed E-state index contributed by atoms with van der Waals surface area (Å²) in [7, 11) is 3.37. The van der Waals surface area contributed by atoms with Gasteiger partial charge in [-0.2, -0.15) is 0 Å². The van der Waals surface area contributed by atoms with Crippen LogP contribution in [0.3, 0.4) is 0 Å². The number of hydrogen-bond donors (Lipinski definition) is 0. The third kappa shape index (κ3) is 4.04. The first-order valence-electron chi connectivity index (χ1n) is 10.4. The highest BCUT2D eigenvalue weighted by molar-refractivity contribution is 5.89. The molecule has 1 aliphatic heterocycles. The first-order chi connectivity index (χ1) is 14.1. The molecule has 0 bridgehead atoms. The second-order valence-corrected chi connectivity index (χ2v) is 7.45. The van der Waals surface area contributed by atoms with E-state index in [1.54, 1.807) is 14.2 Å². The third-order valence-electron chi connectivity index (χ3n) is 6.13. The van der Waals surface area contributed by atoms with Crippen LogP contribution in [-0.4, -0.2) is 51.2 Å². The molecule has 5 heteroatoms. The molecule has 0 spiro atoms. The van der Waals surface area contributed by atoms with Crippen LogP contribution in [0.1, 0.15) is 32.3 Å². The number of methoxy groups -OCH3 is 2. The zero-order chi connectivity index (χ0) is 20.9. The molecule has 156 valence electrons. The standard InChI is InChI=1S/C24H32N2O3/c1-5-25(6-2)23(27)24(19-10-9-11-20(18-19)28-3)14-16-26(17-15-24)21-12-7-8-13-22(21)29-4/h7-13,18H,5-6,14-17H2,1-4H3. The molecule has 0 saturated carbocycles. The van der Waals surface area contributed by atoms with E-state index in [-0.39, 0.29) is 5.91 Å². The third-order valence-corrected chi connectivity index (χ3v) is 6.13. The van der Waals surface area contributed by atoms with E-state index >= 15 is 0 Å². The van der Waals surface area contributed by atoms with Crippen LogP contribution in [0, 0.1) is 0 Å². The summed E-state index contributed by atoms with van der Waals surface area (Å²) < 4.78 is 11.0. The molecule has 1 amide bonds. The van der Waals surface area contributed by atoms with Crippen LogP contribution in [0.15, 0.2) is 48.5 Å². The van der Waals surface area contributed by atoms with Gasteiger partial charge in [-0.15, -0.1) is 0 Å². The summed E-state index contributed by atoms with van der Waals surface area (Å²) in [6.07, 6.45) is 1.51. The summed E-state index contributed by atoms with van der Waals surface area (Å²) in [5.41, 5.74) is 1.61. The molecular weight excluding hydrogens is 364 g/mol. The molecule has 0 aromatic heterocycles. The van der Waals surface area contributed by atoms with Crippen molar-refractivity contribution in [1.82, 2.24) is 4.90 Å². The van der Waals surface area contributed by atoms with E-state index in [2.05, 4.69) is 17.0 Å². The van der Waals surface area contributed by atoms with Crippen molar-refractivity contribution in [1.29, 1.82) is 0 Å². The lowest BCUT2D eigenvalue weighted by atomic mass is 9.71. The van der Waals surface area contributed by atoms with Gasteiger partial charge in [0.2, 0.25) is 5.91 Å². The largest absolute Gasteiger partial charge is 0.497 e. The highest BCUT2D eigenvalue weighted by Gasteiger charge is 2.45. The molecule has 1 aliphatic rings. The average Bonchev–Trinajstić information content (AvgIpc) is 2.79. The van der Waals surface area contributed by atoms with E-state index < -0.39 is 5.41 Å². The fraction of sp³-hybridized carbons (Fsp3) is 0.458. The van der Waals surface area contributed by atoms with Crippen molar-refractivity contribution >= 4 is 11.6 Å². The van der Waals surface area contributed by atoms with Gasteiger partial charge in [-0.05, 0) is 56.5 Å². The predicted octanol–water partition coefficient (Wildman–Crippen LogP) is 4.11. The Morgan fingerprint density at radius 3 is 2.31 bits per heavy atom. The lowest BCUT2D eigenvalue weighted by molar-refractivity contribution is -0.138. The zero-order valence-electron chi connectivity index (χ0n) is 18.0. The van der Waals surface area contributed by atoms with E-state index in [0.717, 1.165) is 61.8 Å². The van der Waals surface area contributed by atoms with Crippen molar-refractivity contribution in [3.63, 3.8) is 0 Å². The number of ether oxygens (including phenoxy) is 2. The van der Waals surface area contributed by atoms with Crippen molar-refractivity contribution in [2.24, 2.45) is 0 Å². The van der Waals surface area contributed by atoms with E-state index in [9.17, 15) is 4.79 Å². The molecule has 0 N–H and O–H groups in total. The Labute approximate surface area is 174 Å². The average molecular weight is 397 g/mol. The second-order valence-electron chi connectivity index (χ2n) is 7.45. The molecule has 2 aromatic carbocycles. The number of likely N-dealkylation sites (N-methyl/N-ethyl adjacent to an activating group) is 1. The Morgan fingerprint density at radius 2 is 1.69 bits per heavy atom. The molecule has 1 saturated heterocycles. The molecule has 0 atom stereocenters. The quantitative estimate of drug-likeness (QED) is 0.706. The number of hydrogen-bond acceptors (Lipinski definition) is 4. The molecule has 2 aromatic rings. The molecule has 29 heavy (non-hydrogen) atoms. The Morgan fingerprint density at radius 1 is 1.00 bits per heavy atom. The molecular formula is C24H32N2O3. The molecule has 0 unspecified atom stereocenters. The van der Waals surface area contributed by atoms with Crippen LogP contribution < -0.4 is 14.4 Å². The summed E-state index contributed by atoms with van der Waals surface area (Å²) >= 11 is 0. The number of para-hydroxylation sites is 2. The summed E-state index contributed by atoms with van der Waals surface area (Å²) in [5, 5.41) is 0. The van der Waals surface area contributed by atoms with Crippen molar-refractivity contribution in [2.45, 2.75) is 32.1 Å². The maximum Gasteiger partial charge on any atom is 0.233 e. The number of amides is 1. The maximum absolute atomic E-state index is 13.7. The zero-order valence-corrected chi connectivity index (χ0v) is 18.0. The van der Waals surface area contributed by atoms with Gasteiger partial charge in [0.1, 0.15) is 11.5 Å². The Balaban J connectivity index is 1.95. The lowest BCUT2D eigenvalue weighted by Crippen LogP contribution is -2.53. The van der Waals surface area contributed by atoms with Crippen LogP contribution in [0.25, 0.3) is 0 Å². The lowest BCUT2D eigenvalue weighted by Gasteiger charge is -2.44. The molecule has 1 fully saturated rings.